The normalized spacial score (nSPS) is 25.0. The van der Waals surface area contributed by atoms with Crippen LogP contribution in [0.3, 0.4) is 0 Å². The van der Waals surface area contributed by atoms with Crippen LogP contribution < -0.4 is 0 Å². The van der Waals surface area contributed by atoms with Crippen LogP contribution in [0.15, 0.2) is 23.8 Å². The van der Waals surface area contributed by atoms with Crippen molar-refractivity contribution in [1.82, 2.24) is 0 Å². The largest absolute Gasteiger partial charge is 0.481 e. The van der Waals surface area contributed by atoms with E-state index < -0.39 is 35.9 Å². The van der Waals surface area contributed by atoms with Crippen LogP contribution in [0, 0.1) is 23.5 Å². The number of halogens is 2. The summed E-state index contributed by atoms with van der Waals surface area (Å²) in [6, 6.07) is 3.29. The number of unbranched alkanes of at least 4 members (excludes halogenated alkanes) is 3. The van der Waals surface area contributed by atoms with E-state index in [0.29, 0.717) is 31.3 Å². The molecule has 0 aromatic heterocycles. The van der Waals surface area contributed by atoms with Crippen LogP contribution in [0.2, 0.25) is 0 Å². The van der Waals surface area contributed by atoms with E-state index >= 15 is 0 Å². The summed E-state index contributed by atoms with van der Waals surface area (Å²) >= 11 is 0. The monoisotopic (exact) mass is 440 g/mol. The highest BCUT2D eigenvalue weighted by Gasteiger charge is 2.40. The minimum atomic E-state index is -0.828. The summed E-state index contributed by atoms with van der Waals surface area (Å²) in [5, 5.41) is 39.9. The van der Waals surface area contributed by atoms with Crippen LogP contribution >= 0.6 is 0 Å². The summed E-state index contributed by atoms with van der Waals surface area (Å²) in [6.07, 6.45) is 4.80. The molecule has 4 N–H and O–H groups in total. The van der Waals surface area contributed by atoms with E-state index in [9.17, 15) is 28.9 Å². The quantitative estimate of drug-likeness (QED) is 0.364. The third-order valence-corrected chi connectivity index (χ3v) is 6.34. The first kappa shape index (κ1) is 25.4. The number of benzene rings is 1. The van der Waals surface area contributed by atoms with Crippen LogP contribution in [-0.2, 0) is 4.79 Å². The summed E-state index contributed by atoms with van der Waals surface area (Å²) in [5.74, 6) is -2.32. The second-order valence-corrected chi connectivity index (χ2v) is 8.69. The molecule has 174 valence electrons. The Morgan fingerprint density at radius 1 is 1.10 bits per heavy atom. The molecule has 0 aliphatic heterocycles. The van der Waals surface area contributed by atoms with Gasteiger partial charge in [-0.05, 0) is 68.6 Å². The minimum absolute atomic E-state index is 0.0551. The van der Waals surface area contributed by atoms with E-state index in [4.69, 9.17) is 5.11 Å². The third-order valence-electron chi connectivity index (χ3n) is 6.34. The molecule has 0 radical (unpaired) electrons. The van der Waals surface area contributed by atoms with Gasteiger partial charge in [0, 0.05) is 18.1 Å². The smallest absolute Gasteiger partial charge is 0.303 e. The van der Waals surface area contributed by atoms with Crippen molar-refractivity contribution in [2.45, 2.75) is 83.0 Å². The average Bonchev–Trinajstić information content (AvgIpc) is 2.97. The number of carboxylic acid groups (broad SMARTS) is 1. The van der Waals surface area contributed by atoms with Gasteiger partial charge < -0.3 is 20.4 Å². The zero-order valence-corrected chi connectivity index (χ0v) is 18.0. The van der Waals surface area contributed by atoms with Crippen molar-refractivity contribution in [1.29, 1.82) is 0 Å². The first-order chi connectivity index (χ1) is 14.7. The van der Waals surface area contributed by atoms with Gasteiger partial charge in [0.1, 0.15) is 11.6 Å². The molecule has 31 heavy (non-hydrogen) atoms. The highest BCUT2D eigenvalue weighted by atomic mass is 19.1. The molecular weight excluding hydrogens is 406 g/mol. The lowest BCUT2D eigenvalue weighted by molar-refractivity contribution is -0.137. The Balaban J connectivity index is 1.85. The van der Waals surface area contributed by atoms with E-state index in [2.05, 4.69) is 0 Å². The number of hydrogen-bond donors (Lipinski definition) is 4. The number of rotatable bonds is 12. The van der Waals surface area contributed by atoms with Gasteiger partial charge in [-0.3, -0.25) is 4.79 Å². The summed E-state index contributed by atoms with van der Waals surface area (Å²) in [6.45, 7) is 1.68. The highest BCUT2D eigenvalue weighted by molar-refractivity contribution is 5.66. The maximum absolute atomic E-state index is 13.8. The van der Waals surface area contributed by atoms with Crippen molar-refractivity contribution in [3.8, 4) is 0 Å². The lowest BCUT2D eigenvalue weighted by atomic mass is 9.84. The molecule has 5 nitrogen and oxygen atoms in total. The van der Waals surface area contributed by atoms with Crippen molar-refractivity contribution < 1.29 is 34.0 Å². The topological polar surface area (TPSA) is 98.0 Å². The van der Waals surface area contributed by atoms with Gasteiger partial charge in [-0.25, -0.2) is 8.78 Å². The number of hydrogen-bond acceptors (Lipinski definition) is 4. The highest BCUT2D eigenvalue weighted by Crippen LogP contribution is 2.39. The number of aliphatic hydroxyl groups is 3. The van der Waals surface area contributed by atoms with Crippen LogP contribution in [-0.4, -0.2) is 44.7 Å². The first-order valence-electron chi connectivity index (χ1n) is 11.1. The molecule has 1 aliphatic carbocycles. The van der Waals surface area contributed by atoms with Gasteiger partial charge in [0.15, 0.2) is 0 Å². The van der Waals surface area contributed by atoms with Gasteiger partial charge >= 0.3 is 5.97 Å². The summed E-state index contributed by atoms with van der Waals surface area (Å²) in [5.41, 5.74) is 0.753. The number of aliphatic hydroxyl groups excluding tert-OH is 3. The second kappa shape index (κ2) is 12.3. The van der Waals surface area contributed by atoms with Crippen molar-refractivity contribution >= 4 is 12.0 Å². The lowest BCUT2D eigenvalue weighted by Gasteiger charge is -2.25. The summed E-state index contributed by atoms with van der Waals surface area (Å²) in [4.78, 5) is 10.6. The maximum Gasteiger partial charge on any atom is 0.303 e. The number of carboxylic acids is 1. The Bertz CT molecular complexity index is 751. The summed E-state index contributed by atoms with van der Waals surface area (Å²) < 4.78 is 26.9. The van der Waals surface area contributed by atoms with Gasteiger partial charge in [-0.2, -0.15) is 0 Å². The van der Waals surface area contributed by atoms with Gasteiger partial charge in [0.05, 0.1) is 18.3 Å². The van der Waals surface area contributed by atoms with Crippen molar-refractivity contribution in [3.05, 3.63) is 41.0 Å². The standard InChI is InChI=1S/C24H34F2O5/c1-15(12-16-8-9-17(25)13-20(16)26)21(27)11-10-19-18(22(28)14-23(19)29)6-4-2-3-5-7-24(30)31/h8-9,12-13,18-19,21-23,27-29H,2-7,10-11,14H2,1H3,(H,30,31)/t18-,19?,21?,22+,23-/m1/s1. The molecule has 1 fully saturated rings. The van der Waals surface area contributed by atoms with Crippen molar-refractivity contribution in [2.75, 3.05) is 0 Å². The Labute approximate surface area is 182 Å². The molecule has 2 rings (SSSR count). The predicted octanol–water partition coefficient (Wildman–Crippen LogP) is 4.29. The molecule has 2 unspecified atom stereocenters. The van der Waals surface area contributed by atoms with Crippen molar-refractivity contribution in [3.63, 3.8) is 0 Å². The Morgan fingerprint density at radius 2 is 1.74 bits per heavy atom. The van der Waals surface area contributed by atoms with Gasteiger partial charge in [0.25, 0.3) is 0 Å². The fraction of sp³-hybridized carbons (Fsp3) is 0.625. The van der Waals surface area contributed by atoms with E-state index in [-0.39, 0.29) is 23.8 Å². The van der Waals surface area contributed by atoms with E-state index in [1.54, 1.807) is 6.92 Å². The fourth-order valence-corrected chi connectivity index (χ4v) is 4.53. The molecule has 0 spiro atoms. The van der Waals surface area contributed by atoms with Gasteiger partial charge in [-0.15, -0.1) is 0 Å². The fourth-order valence-electron chi connectivity index (χ4n) is 4.53. The number of aliphatic carboxylic acids is 1. The lowest BCUT2D eigenvalue weighted by Crippen LogP contribution is -2.24. The van der Waals surface area contributed by atoms with Crippen LogP contribution in [0.4, 0.5) is 8.78 Å². The zero-order chi connectivity index (χ0) is 23.0. The maximum atomic E-state index is 13.8. The van der Waals surface area contributed by atoms with Gasteiger partial charge in [-0.1, -0.05) is 25.3 Å². The van der Waals surface area contributed by atoms with E-state index in [0.717, 1.165) is 37.8 Å². The van der Waals surface area contributed by atoms with Crippen LogP contribution in [0.5, 0.6) is 0 Å². The molecule has 1 aliphatic rings. The Kier molecular flexibility index (Phi) is 10.1. The SMILES string of the molecule is CC(=Cc1ccc(F)cc1F)C(O)CCC1[C@H](O)C[C@H](O)[C@@H]1CCCCCCC(=O)O. The average molecular weight is 441 g/mol. The molecule has 0 amide bonds. The molecule has 0 heterocycles. The minimum Gasteiger partial charge on any atom is -0.481 e. The molecule has 0 bridgehead atoms. The predicted molar refractivity (Wildman–Crippen MR) is 114 cm³/mol. The van der Waals surface area contributed by atoms with Crippen LogP contribution in [0.25, 0.3) is 6.08 Å². The van der Waals surface area contributed by atoms with E-state index in [1.807, 2.05) is 0 Å². The molecule has 1 saturated carbocycles. The first-order valence-corrected chi connectivity index (χ1v) is 11.1. The third kappa shape index (κ3) is 7.98. The zero-order valence-electron chi connectivity index (χ0n) is 18.0. The van der Waals surface area contributed by atoms with Crippen molar-refractivity contribution in [2.24, 2.45) is 11.8 Å². The molecule has 5 atom stereocenters. The molecule has 7 heteroatoms. The molecule has 1 aromatic rings. The molecule has 0 saturated heterocycles. The number of carbonyl (C=O) groups is 1. The second-order valence-electron chi connectivity index (χ2n) is 8.69. The Morgan fingerprint density at radius 3 is 2.39 bits per heavy atom. The van der Waals surface area contributed by atoms with Gasteiger partial charge in [0.2, 0.25) is 0 Å². The van der Waals surface area contributed by atoms with Crippen LogP contribution in [0.1, 0.15) is 70.3 Å². The van der Waals surface area contributed by atoms with E-state index in [1.165, 1.54) is 12.1 Å². The summed E-state index contributed by atoms with van der Waals surface area (Å²) in [7, 11) is 0. The molecular formula is C24H34F2O5. The Hall–Kier alpha value is -1.83. The molecule has 1 aromatic carbocycles.